The van der Waals surface area contributed by atoms with Crippen LogP contribution in [0.5, 0.6) is 0 Å². The zero-order chi connectivity index (χ0) is 21.2. The third-order valence-electron chi connectivity index (χ3n) is 6.88. The monoisotopic (exact) mass is 420 g/mol. The van der Waals surface area contributed by atoms with Gasteiger partial charge in [0.15, 0.2) is 0 Å². The van der Waals surface area contributed by atoms with Crippen molar-refractivity contribution in [3.05, 3.63) is 48.5 Å². The summed E-state index contributed by atoms with van der Waals surface area (Å²) in [7, 11) is 0. The minimum absolute atomic E-state index is 0.0385. The van der Waals surface area contributed by atoms with Crippen molar-refractivity contribution in [1.29, 1.82) is 0 Å². The summed E-state index contributed by atoms with van der Waals surface area (Å²) < 4.78 is 0. The van der Waals surface area contributed by atoms with Gasteiger partial charge in [0.05, 0.1) is 0 Å². The Balaban J connectivity index is 1.35. The highest BCUT2D eigenvalue weighted by molar-refractivity contribution is 5.89. The summed E-state index contributed by atoms with van der Waals surface area (Å²) in [5.74, 6) is 1.24. The standard InChI is InChI=1S/C23H28N6O2/c30-20-6-1-5-19-17-12-18(15-28(14-17)23-26-9-3-10-27-23)21(29(19)20)22(31)25-11-7-16-4-2-8-24-13-16/h2-4,8-10,13,17-19,21H,1,5-7,11-12,14-15H2,(H,25,31)/t17-,18+,19+,21-/m1/s1. The zero-order valence-corrected chi connectivity index (χ0v) is 17.6. The molecule has 5 heterocycles. The quantitative estimate of drug-likeness (QED) is 0.787. The number of anilines is 1. The van der Waals surface area contributed by atoms with E-state index >= 15 is 0 Å². The molecule has 0 aromatic carbocycles. The highest BCUT2D eigenvalue weighted by atomic mass is 16.2. The van der Waals surface area contributed by atoms with Gasteiger partial charge in [-0.15, -0.1) is 0 Å². The lowest BCUT2D eigenvalue weighted by Gasteiger charge is -2.55. The fourth-order valence-corrected chi connectivity index (χ4v) is 5.59. The number of hydrogen-bond donors (Lipinski definition) is 1. The number of nitrogens with one attached hydrogen (secondary N) is 1. The third kappa shape index (κ3) is 3.98. The first-order chi connectivity index (χ1) is 15.2. The predicted molar refractivity (Wildman–Crippen MR) is 115 cm³/mol. The second-order valence-electron chi connectivity index (χ2n) is 8.82. The van der Waals surface area contributed by atoms with Gasteiger partial charge in [-0.1, -0.05) is 6.07 Å². The number of carbonyl (C=O) groups is 2. The first-order valence-electron chi connectivity index (χ1n) is 11.2. The van der Waals surface area contributed by atoms with Gasteiger partial charge in [0.2, 0.25) is 17.8 Å². The van der Waals surface area contributed by atoms with Crippen molar-refractivity contribution in [3.8, 4) is 0 Å². The van der Waals surface area contributed by atoms with Gasteiger partial charge in [-0.2, -0.15) is 0 Å². The van der Waals surface area contributed by atoms with Crippen LogP contribution in [0.2, 0.25) is 0 Å². The molecule has 0 unspecified atom stereocenters. The number of piperidine rings is 3. The van der Waals surface area contributed by atoms with E-state index in [4.69, 9.17) is 0 Å². The number of rotatable bonds is 5. The molecule has 8 heteroatoms. The molecule has 4 atom stereocenters. The van der Waals surface area contributed by atoms with Gasteiger partial charge in [-0.05, 0) is 49.3 Å². The number of hydrogen-bond acceptors (Lipinski definition) is 6. The fraction of sp³-hybridized carbons (Fsp3) is 0.522. The maximum absolute atomic E-state index is 13.4. The normalized spacial score (nSPS) is 27.5. The summed E-state index contributed by atoms with van der Waals surface area (Å²) in [6.07, 6.45) is 11.2. The van der Waals surface area contributed by atoms with Gasteiger partial charge in [-0.3, -0.25) is 14.6 Å². The highest BCUT2D eigenvalue weighted by Crippen LogP contribution is 2.42. The number of carbonyl (C=O) groups excluding carboxylic acids is 2. The largest absolute Gasteiger partial charge is 0.354 e. The number of aromatic nitrogens is 3. The molecular formula is C23H28N6O2. The molecule has 0 radical (unpaired) electrons. The molecule has 0 spiro atoms. The molecule has 3 aliphatic heterocycles. The van der Waals surface area contributed by atoms with E-state index in [0.717, 1.165) is 37.8 Å². The van der Waals surface area contributed by atoms with E-state index in [-0.39, 0.29) is 23.8 Å². The Morgan fingerprint density at radius 2 is 1.97 bits per heavy atom. The molecule has 2 aromatic rings. The number of amides is 2. The van der Waals surface area contributed by atoms with Gasteiger partial charge in [-0.25, -0.2) is 9.97 Å². The summed E-state index contributed by atoms with van der Waals surface area (Å²) in [6, 6.07) is 5.42. The lowest BCUT2D eigenvalue weighted by molar-refractivity contribution is -0.156. The fourth-order valence-electron chi connectivity index (χ4n) is 5.59. The Kier molecular flexibility index (Phi) is 5.53. The molecule has 1 N–H and O–H groups in total. The second kappa shape index (κ2) is 8.61. The van der Waals surface area contributed by atoms with Crippen LogP contribution in [-0.2, 0) is 16.0 Å². The predicted octanol–water partition coefficient (Wildman–Crippen LogP) is 1.44. The molecule has 31 heavy (non-hydrogen) atoms. The molecule has 8 nitrogen and oxygen atoms in total. The van der Waals surface area contributed by atoms with Crippen LogP contribution in [0.15, 0.2) is 43.0 Å². The first kappa shape index (κ1) is 19.9. The zero-order valence-electron chi connectivity index (χ0n) is 17.6. The maximum Gasteiger partial charge on any atom is 0.243 e. The molecule has 3 aliphatic rings. The summed E-state index contributed by atoms with van der Waals surface area (Å²) >= 11 is 0. The molecule has 2 bridgehead atoms. The van der Waals surface area contributed by atoms with E-state index in [1.807, 2.05) is 29.3 Å². The van der Waals surface area contributed by atoms with Crippen molar-refractivity contribution in [3.63, 3.8) is 0 Å². The maximum atomic E-state index is 13.4. The van der Waals surface area contributed by atoms with Crippen LogP contribution in [0.4, 0.5) is 5.95 Å². The van der Waals surface area contributed by atoms with Crippen LogP contribution in [0.3, 0.4) is 0 Å². The number of fused-ring (bicyclic) bond motifs is 4. The molecular weight excluding hydrogens is 392 g/mol. The van der Waals surface area contributed by atoms with Crippen LogP contribution in [-0.4, -0.2) is 63.4 Å². The smallest absolute Gasteiger partial charge is 0.243 e. The number of nitrogens with zero attached hydrogens (tertiary/aromatic N) is 5. The van der Waals surface area contributed by atoms with E-state index < -0.39 is 6.04 Å². The van der Waals surface area contributed by atoms with Crippen LogP contribution < -0.4 is 10.2 Å². The molecule has 5 rings (SSSR count). The Bertz CT molecular complexity index is 924. The van der Waals surface area contributed by atoms with Crippen LogP contribution in [0.1, 0.15) is 31.2 Å². The van der Waals surface area contributed by atoms with E-state index in [0.29, 0.717) is 31.4 Å². The van der Waals surface area contributed by atoms with Crippen LogP contribution >= 0.6 is 0 Å². The SMILES string of the molecule is O=C(NCCc1cccnc1)[C@H]1[C@H]2C[C@H](CN(c3ncccn3)C2)[C@@H]2CCCC(=O)N21. The lowest BCUT2D eigenvalue weighted by Crippen LogP contribution is -2.68. The summed E-state index contributed by atoms with van der Waals surface area (Å²) in [5.41, 5.74) is 1.09. The van der Waals surface area contributed by atoms with Crippen molar-refractivity contribution in [1.82, 2.24) is 25.2 Å². The van der Waals surface area contributed by atoms with Crippen molar-refractivity contribution in [2.75, 3.05) is 24.5 Å². The molecule has 0 aliphatic carbocycles. The second-order valence-corrected chi connectivity index (χ2v) is 8.82. The van der Waals surface area contributed by atoms with Gasteiger partial charge in [0.1, 0.15) is 6.04 Å². The summed E-state index contributed by atoms with van der Waals surface area (Å²) in [4.78, 5) is 43.4. The minimum atomic E-state index is -0.422. The summed E-state index contributed by atoms with van der Waals surface area (Å²) in [5, 5.41) is 3.10. The topological polar surface area (TPSA) is 91.3 Å². The lowest BCUT2D eigenvalue weighted by atomic mass is 9.72. The average Bonchev–Trinajstić information content (AvgIpc) is 2.81. The molecule has 2 aromatic heterocycles. The molecule has 3 fully saturated rings. The first-order valence-corrected chi connectivity index (χ1v) is 11.2. The van der Waals surface area contributed by atoms with Crippen molar-refractivity contribution in [2.45, 2.75) is 44.2 Å². The van der Waals surface area contributed by atoms with Crippen molar-refractivity contribution < 1.29 is 9.59 Å². The molecule has 0 saturated carbocycles. The summed E-state index contributed by atoms with van der Waals surface area (Å²) in [6.45, 7) is 2.07. The van der Waals surface area contributed by atoms with E-state index in [9.17, 15) is 9.59 Å². The minimum Gasteiger partial charge on any atom is -0.354 e. The van der Waals surface area contributed by atoms with E-state index in [1.165, 1.54) is 0 Å². The van der Waals surface area contributed by atoms with Crippen LogP contribution in [0.25, 0.3) is 0 Å². The molecule has 162 valence electrons. The van der Waals surface area contributed by atoms with E-state index in [2.05, 4.69) is 25.2 Å². The van der Waals surface area contributed by atoms with Gasteiger partial charge < -0.3 is 15.1 Å². The van der Waals surface area contributed by atoms with Gasteiger partial charge >= 0.3 is 0 Å². The Morgan fingerprint density at radius 1 is 1.13 bits per heavy atom. The van der Waals surface area contributed by atoms with Gasteiger partial charge in [0, 0.05) is 62.8 Å². The Morgan fingerprint density at radius 3 is 2.77 bits per heavy atom. The average molecular weight is 421 g/mol. The van der Waals surface area contributed by atoms with Crippen molar-refractivity contribution in [2.24, 2.45) is 11.8 Å². The van der Waals surface area contributed by atoms with Crippen molar-refractivity contribution >= 4 is 17.8 Å². The Labute approximate surface area is 182 Å². The Hall–Kier alpha value is -3.03. The van der Waals surface area contributed by atoms with Gasteiger partial charge in [0.25, 0.3) is 0 Å². The van der Waals surface area contributed by atoms with Crippen LogP contribution in [0, 0.1) is 11.8 Å². The molecule has 2 amide bonds. The number of pyridine rings is 1. The third-order valence-corrected chi connectivity index (χ3v) is 6.88. The van der Waals surface area contributed by atoms with E-state index in [1.54, 1.807) is 18.6 Å². The highest BCUT2D eigenvalue weighted by Gasteiger charge is 2.52. The molecule has 3 saturated heterocycles.